The van der Waals surface area contributed by atoms with E-state index in [1.54, 1.807) is 0 Å². The maximum Gasteiger partial charge on any atom is 0.338 e. The number of sulfonamides is 1. The van der Waals surface area contributed by atoms with Crippen LogP contribution in [0, 0.1) is 0 Å². The van der Waals surface area contributed by atoms with E-state index < -0.39 is 16.0 Å². The monoisotopic (exact) mass is 337 g/mol. The third-order valence-corrected chi connectivity index (χ3v) is 4.39. The molecule has 8 heteroatoms. The largest absolute Gasteiger partial charge is 0.462 e. The second-order valence-corrected chi connectivity index (χ2v) is 6.53. The van der Waals surface area contributed by atoms with Crippen LogP contribution in [0.5, 0.6) is 0 Å². The summed E-state index contributed by atoms with van der Waals surface area (Å²) in [6.07, 6.45) is 3.50. The number of nitrogens with one attached hydrogen (secondary N) is 1. The number of nitrogens with zero attached hydrogens (tertiary/aromatic N) is 2. The summed E-state index contributed by atoms with van der Waals surface area (Å²) < 4.78 is 33.5. The summed E-state index contributed by atoms with van der Waals surface area (Å²) in [7, 11) is -3.70. The molecule has 0 spiro atoms. The maximum atomic E-state index is 12.2. The summed E-state index contributed by atoms with van der Waals surface area (Å²) >= 11 is 0. The van der Waals surface area contributed by atoms with Gasteiger partial charge in [-0.2, -0.15) is 5.10 Å². The van der Waals surface area contributed by atoms with Crippen LogP contribution in [0.3, 0.4) is 0 Å². The summed E-state index contributed by atoms with van der Waals surface area (Å²) in [5.74, 6) is -0.425. The Kier molecular flexibility index (Phi) is 5.38. The molecule has 1 N–H and O–H groups in total. The van der Waals surface area contributed by atoms with Gasteiger partial charge in [0, 0.05) is 18.4 Å². The minimum absolute atomic E-state index is 0.0887. The number of anilines is 1. The van der Waals surface area contributed by atoms with Crippen LogP contribution in [-0.4, -0.2) is 30.8 Å². The number of benzene rings is 1. The van der Waals surface area contributed by atoms with Crippen molar-refractivity contribution in [3.8, 4) is 0 Å². The first-order chi connectivity index (χ1) is 11.0. The Balaban J connectivity index is 2.09. The summed E-state index contributed by atoms with van der Waals surface area (Å²) in [5.41, 5.74) is 0.737. The van der Waals surface area contributed by atoms with Crippen molar-refractivity contribution in [3.05, 3.63) is 42.2 Å². The molecule has 1 heterocycles. The number of carbonyl (C=O) groups is 1. The molecule has 2 aromatic rings. The number of hydrogen-bond donors (Lipinski definition) is 1. The molecule has 0 atom stereocenters. The first-order valence-corrected chi connectivity index (χ1v) is 8.77. The molecule has 7 nitrogen and oxygen atoms in total. The minimum atomic E-state index is -3.70. The van der Waals surface area contributed by atoms with E-state index in [9.17, 15) is 13.2 Å². The standard InChI is InChI=1S/C15H19N3O4S/c1-3-9-22-15(19)12-5-7-13(8-6-12)17-23(20,21)14-10-16-18(4-2)11-14/h5-8,10-11,17H,3-4,9H2,1-2H3. The molecule has 0 aliphatic heterocycles. The van der Waals surface area contributed by atoms with Crippen LogP contribution in [0.25, 0.3) is 0 Å². The topological polar surface area (TPSA) is 90.3 Å². The van der Waals surface area contributed by atoms with E-state index >= 15 is 0 Å². The predicted octanol–water partition coefficient (Wildman–Crippen LogP) is 2.27. The fraction of sp³-hybridized carbons (Fsp3) is 0.333. The Morgan fingerprint density at radius 2 is 1.96 bits per heavy atom. The summed E-state index contributed by atoms with van der Waals surface area (Å²) in [6, 6.07) is 6.07. The van der Waals surface area contributed by atoms with Gasteiger partial charge in [0.2, 0.25) is 0 Å². The van der Waals surface area contributed by atoms with Crippen molar-refractivity contribution in [1.29, 1.82) is 0 Å². The molecule has 23 heavy (non-hydrogen) atoms. The summed E-state index contributed by atoms with van der Waals surface area (Å²) in [5, 5.41) is 3.94. The lowest BCUT2D eigenvalue weighted by Crippen LogP contribution is -2.12. The second-order valence-electron chi connectivity index (χ2n) is 4.85. The Hall–Kier alpha value is -2.35. The van der Waals surface area contributed by atoms with Gasteiger partial charge >= 0.3 is 5.97 Å². The zero-order valence-electron chi connectivity index (χ0n) is 13.0. The third-order valence-electron chi connectivity index (χ3n) is 3.05. The normalized spacial score (nSPS) is 11.2. The average Bonchev–Trinajstić information content (AvgIpc) is 3.03. The van der Waals surface area contributed by atoms with Gasteiger partial charge in [0.05, 0.1) is 18.4 Å². The highest BCUT2D eigenvalue weighted by Crippen LogP contribution is 2.16. The van der Waals surface area contributed by atoms with Crippen LogP contribution in [-0.2, 0) is 21.3 Å². The van der Waals surface area contributed by atoms with Crippen molar-refractivity contribution in [1.82, 2.24) is 9.78 Å². The molecule has 0 aliphatic rings. The first kappa shape index (κ1) is 17.0. The van der Waals surface area contributed by atoms with E-state index in [1.165, 1.54) is 41.3 Å². The molecule has 0 unspecified atom stereocenters. The number of aryl methyl sites for hydroxylation is 1. The molecular weight excluding hydrogens is 318 g/mol. The lowest BCUT2D eigenvalue weighted by atomic mass is 10.2. The Labute approximate surface area is 135 Å². The fourth-order valence-electron chi connectivity index (χ4n) is 1.82. The van der Waals surface area contributed by atoms with Gasteiger partial charge in [-0.05, 0) is 37.6 Å². The van der Waals surface area contributed by atoms with Crippen LogP contribution in [0.4, 0.5) is 5.69 Å². The molecule has 0 radical (unpaired) electrons. The maximum absolute atomic E-state index is 12.2. The van der Waals surface area contributed by atoms with Crippen LogP contribution in [0.1, 0.15) is 30.6 Å². The molecule has 124 valence electrons. The lowest BCUT2D eigenvalue weighted by Gasteiger charge is -2.07. The molecule has 0 aliphatic carbocycles. The quantitative estimate of drug-likeness (QED) is 0.783. The minimum Gasteiger partial charge on any atom is -0.462 e. The first-order valence-electron chi connectivity index (χ1n) is 7.28. The lowest BCUT2D eigenvalue weighted by molar-refractivity contribution is 0.0505. The SMILES string of the molecule is CCCOC(=O)c1ccc(NS(=O)(=O)c2cnn(CC)c2)cc1. The van der Waals surface area contributed by atoms with Crippen LogP contribution < -0.4 is 4.72 Å². The molecule has 0 amide bonds. The molecule has 0 saturated carbocycles. The van der Waals surface area contributed by atoms with Crippen molar-refractivity contribution < 1.29 is 17.9 Å². The van der Waals surface area contributed by atoms with Crippen LogP contribution >= 0.6 is 0 Å². The zero-order chi connectivity index (χ0) is 16.9. The average molecular weight is 337 g/mol. The van der Waals surface area contributed by atoms with E-state index in [0.717, 1.165) is 6.42 Å². The zero-order valence-corrected chi connectivity index (χ0v) is 13.8. The summed E-state index contributed by atoms with van der Waals surface area (Å²) in [6.45, 7) is 4.72. The second kappa shape index (κ2) is 7.28. The Morgan fingerprint density at radius 1 is 1.26 bits per heavy atom. The fourth-order valence-corrected chi connectivity index (χ4v) is 2.83. The molecule has 2 rings (SSSR count). The number of rotatable bonds is 7. The van der Waals surface area contributed by atoms with E-state index in [4.69, 9.17) is 4.74 Å². The number of hydrogen-bond acceptors (Lipinski definition) is 5. The smallest absolute Gasteiger partial charge is 0.338 e. The van der Waals surface area contributed by atoms with E-state index in [-0.39, 0.29) is 4.90 Å². The highest BCUT2D eigenvalue weighted by Gasteiger charge is 2.16. The van der Waals surface area contributed by atoms with E-state index in [2.05, 4.69) is 9.82 Å². The predicted molar refractivity (Wildman–Crippen MR) is 85.7 cm³/mol. The highest BCUT2D eigenvalue weighted by molar-refractivity contribution is 7.92. The highest BCUT2D eigenvalue weighted by atomic mass is 32.2. The van der Waals surface area contributed by atoms with Gasteiger partial charge in [0.25, 0.3) is 10.0 Å². The number of aromatic nitrogens is 2. The van der Waals surface area contributed by atoms with Gasteiger partial charge in [-0.3, -0.25) is 9.40 Å². The number of carbonyl (C=O) groups excluding carboxylic acids is 1. The van der Waals surface area contributed by atoms with Gasteiger partial charge in [-0.25, -0.2) is 13.2 Å². The summed E-state index contributed by atoms with van der Waals surface area (Å²) in [4.78, 5) is 11.8. The van der Waals surface area contributed by atoms with Gasteiger partial charge in [0.1, 0.15) is 4.90 Å². The van der Waals surface area contributed by atoms with Crippen molar-refractivity contribution in [2.45, 2.75) is 31.7 Å². The van der Waals surface area contributed by atoms with Crippen LogP contribution in [0.15, 0.2) is 41.6 Å². The molecule has 0 bridgehead atoms. The Morgan fingerprint density at radius 3 is 2.52 bits per heavy atom. The molecule has 0 saturated heterocycles. The molecule has 1 aromatic carbocycles. The molecule has 0 fully saturated rings. The van der Waals surface area contributed by atoms with Gasteiger partial charge < -0.3 is 4.74 Å². The van der Waals surface area contributed by atoms with Gasteiger partial charge in [-0.1, -0.05) is 6.92 Å². The van der Waals surface area contributed by atoms with Gasteiger partial charge in [0.15, 0.2) is 0 Å². The van der Waals surface area contributed by atoms with E-state index in [1.807, 2.05) is 13.8 Å². The van der Waals surface area contributed by atoms with E-state index in [0.29, 0.717) is 24.4 Å². The van der Waals surface area contributed by atoms with Gasteiger partial charge in [-0.15, -0.1) is 0 Å². The molecule has 1 aromatic heterocycles. The van der Waals surface area contributed by atoms with Crippen LogP contribution in [0.2, 0.25) is 0 Å². The number of ether oxygens (including phenoxy) is 1. The number of esters is 1. The third kappa shape index (κ3) is 4.32. The van der Waals surface area contributed by atoms with Crippen molar-refractivity contribution in [2.75, 3.05) is 11.3 Å². The van der Waals surface area contributed by atoms with Crippen molar-refractivity contribution in [3.63, 3.8) is 0 Å². The molecular formula is C15H19N3O4S. The van der Waals surface area contributed by atoms with Crippen molar-refractivity contribution >= 4 is 21.7 Å². The van der Waals surface area contributed by atoms with Crippen molar-refractivity contribution in [2.24, 2.45) is 0 Å². The Bertz CT molecular complexity index is 766.